The number of pyridine rings is 1. The topological polar surface area (TPSA) is 24.9 Å². The summed E-state index contributed by atoms with van der Waals surface area (Å²) in [5, 5.41) is 3.32. The largest absolute Gasteiger partial charge is 0.309 e. The molecule has 2 aromatic rings. The second kappa shape index (κ2) is 5.76. The first-order chi connectivity index (χ1) is 8.22. The Hall–Kier alpha value is -0.710. The number of hydrogen-bond donors (Lipinski definition) is 1. The van der Waals surface area contributed by atoms with Gasteiger partial charge >= 0.3 is 0 Å². The molecule has 4 heteroatoms. The summed E-state index contributed by atoms with van der Waals surface area (Å²) >= 11 is 7.10. The summed E-state index contributed by atoms with van der Waals surface area (Å²) < 4.78 is 2.17. The van der Waals surface area contributed by atoms with Crippen LogP contribution in [-0.4, -0.2) is 12.0 Å². The normalized spacial score (nSPS) is 12.4. The number of rotatable bonds is 3. The first kappa shape index (κ1) is 12.7. The third kappa shape index (κ3) is 2.94. The molecule has 1 unspecified atom stereocenters. The van der Waals surface area contributed by atoms with Crippen molar-refractivity contribution in [1.82, 2.24) is 10.3 Å². The van der Waals surface area contributed by atoms with E-state index in [2.05, 4.69) is 48.2 Å². The van der Waals surface area contributed by atoms with E-state index in [9.17, 15) is 0 Å². The average molecular weight is 356 g/mol. The number of nitrogens with zero attached hydrogens (tertiary/aromatic N) is 1. The van der Waals surface area contributed by atoms with Crippen LogP contribution in [0.3, 0.4) is 0 Å². The van der Waals surface area contributed by atoms with Crippen LogP contribution < -0.4 is 5.32 Å². The molecule has 1 aromatic carbocycles. The van der Waals surface area contributed by atoms with Gasteiger partial charge in [-0.1, -0.05) is 31.9 Å². The van der Waals surface area contributed by atoms with Crippen molar-refractivity contribution in [2.75, 3.05) is 7.05 Å². The van der Waals surface area contributed by atoms with Gasteiger partial charge < -0.3 is 5.32 Å². The third-order valence-electron chi connectivity index (χ3n) is 2.60. The van der Waals surface area contributed by atoms with Crippen molar-refractivity contribution in [3.63, 3.8) is 0 Å². The highest BCUT2D eigenvalue weighted by Crippen LogP contribution is 2.30. The molecule has 88 valence electrons. The predicted octanol–water partition coefficient (Wildman–Crippen LogP) is 3.92. The Morgan fingerprint density at radius 2 is 1.82 bits per heavy atom. The molecule has 0 saturated heterocycles. The Labute approximate surface area is 118 Å². The summed E-state index contributed by atoms with van der Waals surface area (Å²) in [5.74, 6) is 0. The minimum Gasteiger partial charge on any atom is -0.309 e. The lowest BCUT2D eigenvalue weighted by atomic mass is 10.00. The Kier molecular flexibility index (Phi) is 4.31. The smallest absolute Gasteiger partial charge is 0.0586 e. The molecule has 0 bridgehead atoms. The zero-order valence-electron chi connectivity index (χ0n) is 9.32. The van der Waals surface area contributed by atoms with Gasteiger partial charge in [0.25, 0.3) is 0 Å². The number of benzene rings is 1. The second-order valence-electron chi connectivity index (χ2n) is 3.67. The Morgan fingerprint density at radius 1 is 1.12 bits per heavy atom. The van der Waals surface area contributed by atoms with Crippen LogP contribution in [0.5, 0.6) is 0 Å². The van der Waals surface area contributed by atoms with E-state index >= 15 is 0 Å². The minimum atomic E-state index is 0.157. The first-order valence-electron chi connectivity index (χ1n) is 5.24. The molecule has 0 amide bonds. The lowest BCUT2D eigenvalue weighted by Crippen LogP contribution is -2.18. The molecule has 0 spiro atoms. The van der Waals surface area contributed by atoms with Crippen LogP contribution in [0.1, 0.15) is 17.2 Å². The maximum Gasteiger partial charge on any atom is 0.0586 e. The molecule has 0 aliphatic heterocycles. The third-order valence-corrected chi connectivity index (χ3v) is 3.81. The van der Waals surface area contributed by atoms with Gasteiger partial charge in [-0.05, 0) is 48.5 Å². The van der Waals surface area contributed by atoms with Gasteiger partial charge in [-0.3, -0.25) is 4.98 Å². The molecule has 0 aliphatic rings. The molecule has 1 aromatic heterocycles. The zero-order chi connectivity index (χ0) is 12.3. The van der Waals surface area contributed by atoms with Crippen molar-refractivity contribution in [2.24, 2.45) is 0 Å². The molecule has 0 saturated carbocycles. The Bertz CT molecular complexity index is 500. The highest BCUT2D eigenvalue weighted by molar-refractivity contribution is 9.11. The SMILES string of the molecule is CNC(c1ccncc1)c1cc(Br)ccc1Br. The summed E-state index contributed by atoms with van der Waals surface area (Å²) in [4.78, 5) is 4.05. The van der Waals surface area contributed by atoms with Gasteiger partial charge in [0, 0.05) is 21.3 Å². The zero-order valence-corrected chi connectivity index (χ0v) is 12.5. The van der Waals surface area contributed by atoms with E-state index in [-0.39, 0.29) is 6.04 Å². The molecule has 1 N–H and O–H groups in total. The van der Waals surface area contributed by atoms with Crippen LogP contribution in [0.25, 0.3) is 0 Å². The summed E-state index contributed by atoms with van der Waals surface area (Å²) in [7, 11) is 1.96. The average Bonchev–Trinajstić information content (AvgIpc) is 2.36. The van der Waals surface area contributed by atoms with Crippen LogP contribution >= 0.6 is 31.9 Å². The lowest BCUT2D eigenvalue weighted by Gasteiger charge is -2.18. The quantitative estimate of drug-likeness (QED) is 0.902. The monoisotopic (exact) mass is 354 g/mol. The number of hydrogen-bond acceptors (Lipinski definition) is 2. The van der Waals surface area contributed by atoms with E-state index in [4.69, 9.17) is 0 Å². The Morgan fingerprint density at radius 3 is 2.47 bits per heavy atom. The summed E-state index contributed by atoms with van der Waals surface area (Å²) in [6.45, 7) is 0. The molecule has 17 heavy (non-hydrogen) atoms. The highest BCUT2D eigenvalue weighted by atomic mass is 79.9. The molecular formula is C13H12Br2N2. The predicted molar refractivity (Wildman–Crippen MR) is 77.0 cm³/mol. The maximum atomic E-state index is 4.05. The lowest BCUT2D eigenvalue weighted by molar-refractivity contribution is 0.687. The fourth-order valence-electron chi connectivity index (χ4n) is 1.79. The van der Waals surface area contributed by atoms with E-state index in [1.807, 2.05) is 43.7 Å². The van der Waals surface area contributed by atoms with Crippen LogP contribution in [0.2, 0.25) is 0 Å². The second-order valence-corrected chi connectivity index (χ2v) is 5.44. The van der Waals surface area contributed by atoms with E-state index in [1.54, 1.807) is 0 Å². The van der Waals surface area contributed by atoms with Gasteiger partial charge in [-0.2, -0.15) is 0 Å². The Balaban J connectivity index is 2.46. The van der Waals surface area contributed by atoms with Crippen molar-refractivity contribution in [3.05, 3.63) is 62.8 Å². The van der Waals surface area contributed by atoms with Crippen molar-refractivity contribution in [3.8, 4) is 0 Å². The molecule has 0 aliphatic carbocycles. The fraction of sp³-hybridized carbons (Fsp3) is 0.154. The highest BCUT2D eigenvalue weighted by Gasteiger charge is 2.14. The summed E-state index contributed by atoms with van der Waals surface area (Å²) in [6.07, 6.45) is 3.62. The molecule has 0 radical (unpaired) electrons. The van der Waals surface area contributed by atoms with Gasteiger partial charge in [0.05, 0.1) is 6.04 Å². The van der Waals surface area contributed by atoms with E-state index in [0.29, 0.717) is 0 Å². The van der Waals surface area contributed by atoms with Crippen LogP contribution in [-0.2, 0) is 0 Å². The van der Waals surface area contributed by atoms with Crippen LogP contribution in [0, 0.1) is 0 Å². The van der Waals surface area contributed by atoms with E-state index in [0.717, 1.165) is 8.95 Å². The van der Waals surface area contributed by atoms with Gasteiger partial charge in [0.1, 0.15) is 0 Å². The molecule has 2 nitrogen and oxygen atoms in total. The van der Waals surface area contributed by atoms with Gasteiger partial charge in [0.2, 0.25) is 0 Å². The number of aromatic nitrogens is 1. The standard InChI is InChI=1S/C13H12Br2N2/c1-16-13(9-4-6-17-7-5-9)11-8-10(14)2-3-12(11)15/h2-8,13,16H,1H3. The van der Waals surface area contributed by atoms with Gasteiger partial charge in [-0.15, -0.1) is 0 Å². The molecule has 2 rings (SSSR count). The maximum absolute atomic E-state index is 4.05. The fourth-order valence-corrected chi connectivity index (χ4v) is 2.65. The minimum absolute atomic E-state index is 0.157. The van der Waals surface area contributed by atoms with Crippen molar-refractivity contribution in [1.29, 1.82) is 0 Å². The van der Waals surface area contributed by atoms with Crippen molar-refractivity contribution in [2.45, 2.75) is 6.04 Å². The van der Waals surface area contributed by atoms with Crippen molar-refractivity contribution < 1.29 is 0 Å². The van der Waals surface area contributed by atoms with Gasteiger partial charge in [0.15, 0.2) is 0 Å². The summed E-state index contributed by atoms with van der Waals surface area (Å²) in [6, 6.07) is 10.4. The summed E-state index contributed by atoms with van der Waals surface area (Å²) in [5.41, 5.74) is 2.40. The van der Waals surface area contributed by atoms with E-state index < -0.39 is 0 Å². The number of halogens is 2. The molecule has 1 atom stereocenters. The molecule has 1 heterocycles. The van der Waals surface area contributed by atoms with Crippen molar-refractivity contribution >= 4 is 31.9 Å². The molecular weight excluding hydrogens is 344 g/mol. The van der Waals surface area contributed by atoms with E-state index in [1.165, 1.54) is 11.1 Å². The number of nitrogens with one attached hydrogen (secondary N) is 1. The first-order valence-corrected chi connectivity index (χ1v) is 6.83. The van der Waals surface area contributed by atoms with Crippen LogP contribution in [0.15, 0.2) is 51.7 Å². The van der Waals surface area contributed by atoms with Gasteiger partial charge in [-0.25, -0.2) is 0 Å². The van der Waals surface area contributed by atoms with Crippen LogP contribution in [0.4, 0.5) is 0 Å². The molecule has 0 fully saturated rings.